The van der Waals surface area contributed by atoms with Gasteiger partial charge in [0.15, 0.2) is 28.5 Å². The summed E-state index contributed by atoms with van der Waals surface area (Å²) in [5.41, 5.74) is -0.395. The van der Waals surface area contributed by atoms with Gasteiger partial charge in [-0.25, -0.2) is 9.50 Å². The van der Waals surface area contributed by atoms with Gasteiger partial charge in [0.05, 0.1) is 44.4 Å². The van der Waals surface area contributed by atoms with E-state index in [2.05, 4.69) is 20.5 Å². The molecule has 0 spiro atoms. The Morgan fingerprint density at radius 2 is 1.81 bits per heavy atom. The lowest BCUT2D eigenvalue weighted by atomic mass is 10.1. The van der Waals surface area contributed by atoms with Crippen LogP contribution in [0.25, 0.3) is 16.9 Å². The SMILES string of the molecule is CCOc1ccc(Cn2cc(NC(=O)c3nn4c(C(F)(F)F)cc(-c5cccc(OC)c5)nc4c3Cl)cn2)cc1OCC. The zero-order valence-corrected chi connectivity index (χ0v) is 24.0. The van der Waals surface area contributed by atoms with E-state index in [1.165, 1.54) is 13.3 Å². The lowest BCUT2D eigenvalue weighted by molar-refractivity contribution is -0.142. The van der Waals surface area contributed by atoms with Crippen molar-refractivity contribution in [3.8, 4) is 28.5 Å². The number of nitrogens with one attached hydrogen (secondary N) is 1. The second-order valence-corrected chi connectivity index (χ2v) is 9.56. The van der Waals surface area contributed by atoms with Crippen LogP contribution >= 0.6 is 11.6 Å². The number of amides is 1. The van der Waals surface area contributed by atoms with E-state index in [0.29, 0.717) is 47.1 Å². The van der Waals surface area contributed by atoms with Crippen LogP contribution < -0.4 is 19.5 Å². The Hall–Kier alpha value is -4.78. The first-order valence-electron chi connectivity index (χ1n) is 13.1. The zero-order chi connectivity index (χ0) is 30.7. The van der Waals surface area contributed by atoms with Gasteiger partial charge in [-0.2, -0.15) is 23.4 Å². The van der Waals surface area contributed by atoms with Gasteiger partial charge in [-0.15, -0.1) is 0 Å². The predicted molar refractivity (Wildman–Crippen MR) is 153 cm³/mol. The molecule has 0 saturated heterocycles. The van der Waals surface area contributed by atoms with Crippen LogP contribution in [0.4, 0.5) is 18.9 Å². The second kappa shape index (κ2) is 12.2. The van der Waals surface area contributed by atoms with Gasteiger partial charge in [0, 0.05) is 11.8 Å². The Kier molecular flexibility index (Phi) is 8.44. The van der Waals surface area contributed by atoms with Crippen LogP contribution in [-0.4, -0.2) is 50.6 Å². The van der Waals surface area contributed by atoms with Gasteiger partial charge in [-0.3, -0.25) is 9.48 Å². The smallest absolute Gasteiger partial charge is 0.433 e. The number of benzene rings is 2. The van der Waals surface area contributed by atoms with E-state index in [9.17, 15) is 18.0 Å². The minimum atomic E-state index is -4.82. The minimum Gasteiger partial charge on any atom is -0.497 e. The van der Waals surface area contributed by atoms with E-state index >= 15 is 0 Å². The Morgan fingerprint density at radius 3 is 2.53 bits per heavy atom. The number of methoxy groups -OCH3 is 1. The lowest BCUT2D eigenvalue weighted by Crippen LogP contribution is -2.15. The average molecular weight is 615 g/mol. The minimum absolute atomic E-state index is 0.0180. The van der Waals surface area contributed by atoms with Gasteiger partial charge in [0.25, 0.3) is 5.91 Å². The summed E-state index contributed by atoms with van der Waals surface area (Å²) in [6.45, 7) is 5.07. The maximum absolute atomic E-state index is 14.1. The highest BCUT2D eigenvalue weighted by molar-refractivity contribution is 6.37. The van der Waals surface area contributed by atoms with E-state index in [1.807, 2.05) is 32.0 Å². The van der Waals surface area contributed by atoms with Crippen LogP contribution in [0.15, 0.2) is 60.9 Å². The van der Waals surface area contributed by atoms with Gasteiger partial charge in [0.2, 0.25) is 0 Å². The molecular weight excluding hydrogens is 589 g/mol. The van der Waals surface area contributed by atoms with Gasteiger partial charge in [-0.05, 0) is 49.7 Å². The molecule has 3 heterocycles. The molecule has 0 aliphatic carbocycles. The normalized spacial score (nSPS) is 11.5. The number of hydrogen-bond acceptors (Lipinski definition) is 7. The average Bonchev–Trinajstić information content (AvgIpc) is 3.56. The number of hydrogen-bond donors (Lipinski definition) is 1. The highest BCUT2D eigenvalue weighted by Gasteiger charge is 2.37. The van der Waals surface area contributed by atoms with E-state index < -0.39 is 23.5 Å². The van der Waals surface area contributed by atoms with Gasteiger partial charge < -0.3 is 19.5 Å². The molecule has 0 fully saturated rings. The number of fused-ring (bicyclic) bond motifs is 1. The molecule has 0 aliphatic heterocycles. The van der Waals surface area contributed by atoms with Gasteiger partial charge in [0.1, 0.15) is 10.8 Å². The number of anilines is 1. The Bertz CT molecular complexity index is 1790. The van der Waals surface area contributed by atoms with Crippen molar-refractivity contribution in [1.82, 2.24) is 24.4 Å². The highest BCUT2D eigenvalue weighted by Crippen LogP contribution is 2.35. The molecule has 0 atom stereocenters. The van der Waals surface area contributed by atoms with Crippen molar-refractivity contribution in [3.05, 3.63) is 82.9 Å². The standard InChI is InChI=1S/C29H26ClF3N6O4/c1-4-42-22-10-9-17(11-23(22)43-5-2)15-38-16-19(14-34-38)35-28(40)26-25(30)27-36-21(18-7-6-8-20(12-18)41-3)13-24(29(31,32)33)39(27)37-26/h6-14,16H,4-5,15H2,1-3H3,(H,35,40). The Balaban J connectivity index is 1.41. The molecule has 0 bridgehead atoms. The third-order valence-electron chi connectivity index (χ3n) is 6.25. The molecule has 0 aliphatic rings. The van der Waals surface area contributed by atoms with E-state index in [4.69, 9.17) is 25.8 Å². The van der Waals surface area contributed by atoms with Crippen molar-refractivity contribution in [2.75, 3.05) is 25.6 Å². The molecule has 2 aromatic carbocycles. The fraction of sp³-hybridized carbons (Fsp3) is 0.241. The third kappa shape index (κ3) is 6.36. The van der Waals surface area contributed by atoms with Crippen molar-refractivity contribution in [2.45, 2.75) is 26.6 Å². The second-order valence-electron chi connectivity index (χ2n) is 9.18. The Labute approximate surface area is 249 Å². The van der Waals surface area contributed by atoms with E-state index in [1.54, 1.807) is 35.1 Å². The van der Waals surface area contributed by atoms with Crippen LogP contribution in [0, 0.1) is 0 Å². The summed E-state index contributed by atoms with van der Waals surface area (Å²) in [6.07, 6.45) is -1.85. The first-order chi connectivity index (χ1) is 20.6. The molecule has 1 N–H and O–H groups in total. The summed E-state index contributed by atoms with van der Waals surface area (Å²) >= 11 is 6.40. The number of alkyl halides is 3. The topological polar surface area (TPSA) is 105 Å². The first-order valence-corrected chi connectivity index (χ1v) is 13.5. The molecular formula is C29H26ClF3N6O4. The fourth-order valence-corrected chi connectivity index (χ4v) is 4.60. The summed E-state index contributed by atoms with van der Waals surface area (Å²) in [7, 11) is 1.44. The predicted octanol–water partition coefficient (Wildman–Crippen LogP) is 6.37. The number of carbonyl (C=O) groups is 1. The number of rotatable bonds is 10. The van der Waals surface area contributed by atoms with E-state index in [0.717, 1.165) is 11.6 Å². The molecule has 5 aromatic rings. The van der Waals surface area contributed by atoms with Crippen molar-refractivity contribution in [2.24, 2.45) is 0 Å². The molecule has 224 valence electrons. The fourth-order valence-electron chi connectivity index (χ4n) is 4.35. The van der Waals surface area contributed by atoms with Crippen LogP contribution in [0.1, 0.15) is 35.6 Å². The van der Waals surface area contributed by atoms with Gasteiger partial charge in [-0.1, -0.05) is 29.8 Å². The molecule has 0 saturated carbocycles. The molecule has 10 nitrogen and oxygen atoms in total. The number of aromatic nitrogens is 5. The number of nitrogens with zero attached hydrogens (tertiary/aromatic N) is 5. The van der Waals surface area contributed by atoms with Crippen LogP contribution in [0.2, 0.25) is 5.02 Å². The highest BCUT2D eigenvalue weighted by atomic mass is 35.5. The lowest BCUT2D eigenvalue weighted by Gasteiger charge is -2.12. The molecule has 3 aromatic heterocycles. The summed E-state index contributed by atoms with van der Waals surface area (Å²) in [6, 6.07) is 12.8. The molecule has 0 radical (unpaired) electrons. The van der Waals surface area contributed by atoms with E-state index in [-0.39, 0.29) is 22.1 Å². The summed E-state index contributed by atoms with van der Waals surface area (Å²) in [4.78, 5) is 17.4. The first kappa shape index (κ1) is 29.7. The monoisotopic (exact) mass is 614 g/mol. The molecule has 1 amide bonds. The van der Waals surface area contributed by atoms with Crippen LogP contribution in [-0.2, 0) is 12.7 Å². The van der Waals surface area contributed by atoms with Crippen molar-refractivity contribution >= 4 is 28.8 Å². The van der Waals surface area contributed by atoms with Crippen LogP contribution in [0.5, 0.6) is 17.2 Å². The van der Waals surface area contributed by atoms with Gasteiger partial charge >= 0.3 is 6.18 Å². The van der Waals surface area contributed by atoms with Crippen LogP contribution in [0.3, 0.4) is 0 Å². The number of halogens is 4. The quantitative estimate of drug-likeness (QED) is 0.195. The maximum Gasteiger partial charge on any atom is 0.433 e. The van der Waals surface area contributed by atoms with Crippen molar-refractivity contribution < 1.29 is 32.2 Å². The summed E-state index contributed by atoms with van der Waals surface area (Å²) in [5, 5.41) is 10.4. The number of carbonyl (C=O) groups excluding carboxylic acids is 1. The number of ether oxygens (including phenoxy) is 3. The Morgan fingerprint density at radius 1 is 1.05 bits per heavy atom. The molecule has 0 unspecified atom stereocenters. The summed E-state index contributed by atoms with van der Waals surface area (Å²) in [5.74, 6) is 0.839. The molecule has 43 heavy (non-hydrogen) atoms. The third-order valence-corrected chi connectivity index (χ3v) is 6.60. The van der Waals surface area contributed by atoms with Crippen molar-refractivity contribution in [1.29, 1.82) is 0 Å². The molecule has 5 rings (SSSR count). The zero-order valence-electron chi connectivity index (χ0n) is 23.3. The maximum atomic E-state index is 14.1. The summed E-state index contributed by atoms with van der Waals surface area (Å²) < 4.78 is 60.8. The largest absolute Gasteiger partial charge is 0.497 e. The van der Waals surface area contributed by atoms with Crippen molar-refractivity contribution in [3.63, 3.8) is 0 Å². The molecule has 14 heteroatoms.